The van der Waals surface area contributed by atoms with Crippen LogP contribution in [0.2, 0.25) is 10.2 Å². The highest BCUT2D eigenvalue weighted by molar-refractivity contribution is 6.33. The Balaban J connectivity index is 1.40. The number of hydrogen-bond acceptors (Lipinski definition) is 4. The van der Waals surface area contributed by atoms with Gasteiger partial charge in [0.25, 0.3) is 5.91 Å². The van der Waals surface area contributed by atoms with E-state index in [1.807, 2.05) is 42.6 Å². The molecular formula is C23H25Cl2N5O. The minimum absolute atomic E-state index is 0.256. The third-order valence-corrected chi connectivity index (χ3v) is 6.27. The van der Waals surface area contributed by atoms with Gasteiger partial charge in [-0.15, -0.1) is 0 Å². The predicted octanol–water partition coefficient (Wildman–Crippen LogP) is 4.86. The highest BCUT2D eigenvalue weighted by atomic mass is 35.5. The zero-order valence-electron chi connectivity index (χ0n) is 17.4. The Kier molecular flexibility index (Phi) is 6.78. The number of amides is 1. The van der Waals surface area contributed by atoms with E-state index in [4.69, 9.17) is 23.2 Å². The van der Waals surface area contributed by atoms with Crippen molar-refractivity contribution in [3.8, 4) is 0 Å². The molecule has 1 saturated heterocycles. The largest absolute Gasteiger partial charge is 0.357 e. The molecule has 1 aliphatic rings. The lowest BCUT2D eigenvalue weighted by Crippen LogP contribution is -2.30. The van der Waals surface area contributed by atoms with E-state index in [0.717, 1.165) is 30.0 Å². The summed E-state index contributed by atoms with van der Waals surface area (Å²) >= 11 is 12.7. The van der Waals surface area contributed by atoms with Crippen LogP contribution >= 0.6 is 23.2 Å². The molecule has 0 saturated carbocycles. The summed E-state index contributed by atoms with van der Waals surface area (Å²) in [6.07, 6.45) is 5.53. The number of piperidine rings is 1. The number of pyridine rings is 1. The van der Waals surface area contributed by atoms with Crippen LogP contribution in [0.1, 0.15) is 46.4 Å². The SMILES string of the molecule is Cc1nn(Cc2ccccc2Cl)c(Cl)c1C(=O)NCc1ccc(N2CCCCC2)nc1. The molecule has 3 heterocycles. The van der Waals surface area contributed by atoms with E-state index in [2.05, 4.69) is 20.3 Å². The first-order chi connectivity index (χ1) is 15.0. The number of anilines is 1. The van der Waals surface area contributed by atoms with Crippen LogP contribution in [0.3, 0.4) is 0 Å². The number of halogens is 2. The molecular weight excluding hydrogens is 433 g/mol. The summed E-state index contributed by atoms with van der Waals surface area (Å²) < 4.78 is 1.60. The van der Waals surface area contributed by atoms with Crippen molar-refractivity contribution in [1.29, 1.82) is 0 Å². The molecule has 31 heavy (non-hydrogen) atoms. The Morgan fingerprint density at radius 1 is 1.10 bits per heavy atom. The molecule has 3 aromatic rings. The number of nitrogens with one attached hydrogen (secondary N) is 1. The average molecular weight is 458 g/mol. The zero-order chi connectivity index (χ0) is 21.8. The van der Waals surface area contributed by atoms with Gasteiger partial charge in [-0.05, 0) is 49.4 Å². The summed E-state index contributed by atoms with van der Waals surface area (Å²) in [5.74, 6) is 0.738. The molecule has 0 aliphatic carbocycles. The zero-order valence-corrected chi connectivity index (χ0v) is 19.0. The van der Waals surface area contributed by atoms with Gasteiger partial charge in [-0.3, -0.25) is 4.79 Å². The van der Waals surface area contributed by atoms with Gasteiger partial charge in [-0.25, -0.2) is 9.67 Å². The molecule has 162 valence electrons. The van der Waals surface area contributed by atoms with E-state index in [1.165, 1.54) is 19.3 Å². The second kappa shape index (κ2) is 9.71. The van der Waals surface area contributed by atoms with E-state index in [1.54, 1.807) is 11.6 Å². The smallest absolute Gasteiger partial charge is 0.256 e. The topological polar surface area (TPSA) is 63.1 Å². The molecule has 1 amide bonds. The maximum absolute atomic E-state index is 12.8. The molecule has 1 fully saturated rings. The van der Waals surface area contributed by atoms with Gasteiger partial charge in [0.2, 0.25) is 0 Å². The minimum atomic E-state index is -0.256. The summed E-state index contributed by atoms with van der Waals surface area (Å²) in [7, 11) is 0. The van der Waals surface area contributed by atoms with Crippen LogP contribution in [0.5, 0.6) is 0 Å². The molecule has 4 rings (SSSR count). The van der Waals surface area contributed by atoms with Crippen molar-refractivity contribution in [3.05, 3.63) is 75.2 Å². The number of nitrogens with zero attached hydrogens (tertiary/aromatic N) is 4. The second-order valence-corrected chi connectivity index (χ2v) is 8.52. The Morgan fingerprint density at radius 3 is 2.58 bits per heavy atom. The second-order valence-electron chi connectivity index (χ2n) is 7.76. The van der Waals surface area contributed by atoms with Crippen molar-refractivity contribution in [1.82, 2.24) is 20.1 Å². The fourth-order valence-corrected chi connectivity index (χ4v) is 4.32. The van der Waals surface area contributed by atoms with Crippen molar-refractivity contribution in [2.75, 3.05) is 18.0 Å². The molecule has 2 aromatic heterocycles. The van der Waals surface area contributed by atoms with E-state index < -0.39 is 0 Å². The summed E-state index contributed by atoms with van der Waals surface area (Å²) in [6, 6.07) is 11.5. The maximum atomic E-state index is 12.8. The highest BCUT2D eigenvalue weighted by Gasteiger charge is 2.21. The van der Waals surface area contributed by atoms with Crippen molar-refractivity contribution in [2.45, 2.75) is 39.3 Å². The third kappa shape index (κ3) is 5.02. The van der Waals surface area contributed by atoms with Gasteiger partial charge in [0.1, 0.15) is 11.0 Å². The molecule has 0 atom stereocenters. The first kappa shape index (κ1) is 21.7. The van der Waals surface area contributed by atoms with Gasteiger partial charge in [0, 0.05) is 30.9 Å². The van der Waals surface area contributed by atoms with E-state index in [-0.39, 0.29) is 5.91 Å². The van der Waals surface area contributed by atoms with Gasteiger partial charge in [-0.1, -0.05) is 47.5 Å². The maximum Gasteiger partial charge on any atom is 0.256 e. The highest BCUT2D eigenvalue weighted by Crippen LogP contribution is 2.23. The van der Waals surface area contributed by atoms with Crippen LogP contribution in [-0.2, 0) is 13.1 Å². The van der Waals surface area contributed by atoms with E-state index in [0.29, 0.717) is 34.5 Å². The van der Waals surface area contributed by atoms with Crippen LogP contribution in [-0.4, -0.2) is 33.8 Å². The summed E-state index contributed by atoms with van der Waals surface area (Å²) in [5, 5.41) is 8.30. The number of benzene rings is 1. The average Bonchev–Trinajstić information content (AvgIpc) is 3.07. The quantitative estimate of drug-likeness (QED) is 0.573. The standard InChI is InChI=1S/C23H25Cl2N5O/c1-16-21(22(25)30(28-16)15-18-7-3-4-8-19(18)24)23(31)27-14-17-9-10-20(26-13-17)29-11-5-2-6-12-29/h3-4,7-10,13H,2,5-6,11-12,14-15H2,1H3,(H,27,31). The van der Waals surface area contributed by atoms with E-state index in [9.17, 15) is 4.79 Å². The van der Waals surface area contributed by atoms with Gasteiger partial charge in [0.15, 0.2) is 0 Å². The van der Waals surface area contributed by atoms with Gasteiger partial charge < -0.3 is 10.2 Å². The van der Waals surface area contributed by atoms with Crippen LogP contribution < -0.4 is 10.2 Å². The van der Waals surface area contributed by atoms with Crippen LogP contribution in [0.4, 0.5) is 5.82 Å². The predicted molar refractivity (Wildman–Crippen MR) is 124 cm³/mol. The molecule has 0 bridgehead atoms. The number of aromatic nitrogens is 3. The van der Waals surface area contributed by atoms with Crippen molar-refractivity contribution in [3.63, 3.8) is 0 Å². The molecule has 0 spiro atoms. The third-order valence-electron chi connectivity index (χ3n) is 5.51. The Morgan fingerprint density at radius 2 is 1.87 bits per heavy atom. The van der Waals surface area contributed by atoms with E-state index >= 15 is 0 Å². The lowest BCUT2D eigenvalue weighted by molar-refractivity contribution is 0.0950. The molecule has 1 aromatic carbocycles. The Bertz CT molecular complexity index is 1060. The molecule has 0 radical (unpaired) electrons. The monoisotopic (exact) mass is 457 g/mol. The molecule has 1 N–H and O–H groups in total. The molecule has 8 heteroatoms. The van der Waals surface area contributed by atoms with Crippen LogP contribution in [0, 0.1) is 6.92 Å². The minimum Gasteiger partial charge on any atom is -0.357 e. The molecule has 6 nitrogen and oxygen atoms in total. The first-order valence-corrected chi connectivity index (χ1v) is 11.2. The summed E-state index contributed by atoms with van der Waals surface area (Å²) in [4.78, 5) is 19.7. The summed E-state index contributed by atoms with van der Waals surface area (Å²) in [5.41, 5.74) is 2.78. The summed E-state index contributed by atoms with van der Waals surface area (Å²) in [6.45, 7) is 4.66. The van der Waals surface area contributed by atoms with Crippen molar-refractivity contribution >= 4 is 34.9 Å². The van der Waals surface area contributed by atoms with Gasteiger partial charge in [-0.2, -0.15) is 5.10 Å². The molecule has 1 aliphatic heterocycles. The molecule has 0 unspecified atom stereocenters. The first-order valence-electron chi connectivity index (χ1n) is 10.5. The Labute approximate surface area is 192 Å². The normalized spacial score (nSPS) is 14.0. The van der Waals surface area contributed by atoms with Crippen molar-refractivity contribution < 1.29 is 4.79 Å². The van der Waals surface area contributed by atoms with Crippen molar-refractivity contribution in [2.24, 2.45) is 0 Å². The lowest BCUT2D eigenvalue weighted by atomic mass is 10.1. The van der Waals surface area contributed by atoms with Gasteiger partial charge >= 0.3 is 0 Å². The van der Waals surface area contributed by atoms with Crippen LogP contribution in [0.25, 0.3) is 0 Å². The van der Waals surface area contributed by atoms with Gasteiger partial charge in [0.05, 0.1) is 17.8 Å². The number of carbonyl (C=O) groups excluding carboxylic acids is 1. The Hall–Kier alpha value is -2.57. The fraction of sp³-hybridized carbons (Fsp3) is 0.348. The number of aryl methyl sites for hydroxylation is 1. The lowest BCUT2D eigenvalue weighted by Gasteiger charge is -2.27. The number of carbonyl (C=O) groups is 1. The number of rotatable bonds is 6. The fourth-order valence-electron chi connectivity index (χ4n) is 3.81. The van der Waals surface area contributed by atoms with Crippen LogP contribution in [0.15, 0.2) is 42.6 Å². The number of hydrogen-bond donors (Lipinski definition) is 1.